The second-order valence-electron chi connectivity index (χ2n) is 6.61. The molecule has 0 heterocycles. The topological polar surface area (TPSA) is 79.5 Å². The number of hydrogen-bond acceptors (Lipinski definition) is 4. The van der Waals surface area contributed by atoms with Gasteiger partial charge in [-0.2, -0.15) is 0 Å². The van der Waals surface area contributed by atoms with E-state index in [1.807, 2.05) is 20.8 Å². The Morgan fingerprint density at radius 2 is 1.76 bits per heavy atom. The lowest BCUT2D eigenvalue weighted by atomic mass is 10.2. The van der Waals surface area contributed by atoms with Gasteiger partial charge in [-0.15, -0.1) is 0 Å². The molecule has 1 unspecified atom stereocenters. The van der Waals surface area contributed by atoms with Crippen molar-refractivity contribution >= 4 is 34.8 Å². The SMILES string of the molecule is CCCNC(=O)c1cccc(NC(=S)NC(=O)c2ccc(OC(C)CC)cc2)c1. The number of thiocarbonyl (C=S) groups is 1. The highest BCUT2D eigenvalue weighted by atomic mass is 32.1. The zero-order chi connectivity index (χ0) is 21.2. The van der Waals surface area contributed by atoms with E-state index in [9.17, 15) is 9.59 Å². The van der Waals surface area contributed by atoms with Crippen LogP contribution >= 0.6 is 12.2 Å². The van der Waals surface area contributed by atoms with Gasteiger partial charge in [-0.25, -0.2) is 0 Å². The molecule has 2 aromatic carbocycles. The third kappa shape index (κ3) is 7.19. The van der Waals surface area contributed by atoms with Crippen LogP contribution in [0.15, 0.2) is 48.5 Å². The number of rotatable bonds is 8. The van der Waals surface area contributed by atoms with Crippen LogP contribution in [-0.4, -0.2) is 29.6 Å². The predicted octanol–water partition coefficient (Wildman–Crippen LogP) is 4.13. The van der Waals surface area contributed by atoms with E-state index in [1.165, 1.54) is 0 Å². The maximum atomic E-state index is 12.4. The molecule has 7 heteroatoms. The van der Waals surface area contributed by atoms with E-state index >= 15 is 0 Å². The van der Waals surface area contributed by atoms with Gasteiger partial charge >= 0.3 is 0 Å². The van der Waals surface area contributed by atoms with Crippen LogP contribution in [0.4, 0.5) is 5.69 Å². The van der Waals surface area contributed by atoms with Crippen molar-refractivity contribution in [3.63, 3.8) is 0 Å². The van der Waals surface area contributed by atoms with Crippen molar-refractivity contribution < 1.29 is 14.3 Å². The van der Waals surface area contributed by atoms with E-state index in [0.717, 1.165) is 18.6 Å². The standard InChI is InChI=1S/C22H27N3O3S/c1-4-13-23-20(26)17-7-6-8-18(14-17)24-22(29)25-21(27)16-9-11-19(12-10-16)28-15(3)5-2/h6-12,14-15H,4-5,13H2,1-3H3,(H,23,26)(H2,24,25,27,29). The molecule has 6 nitrogen and oxygen atoms in total. The van der Waals surface area contributed by atoms with Gasteiger partial charge in [0.15, 0.2) is 5.11 Å². The molecule has 0 aromatic heterocycles. The number of anilines is 1. The van der Waals surface area contributed by atoms with Gasteiger partial charge in [0.1, 0.15) is 5.75 Å². The molecular formula is C22H27N3O3S. The monoisotopic (exact) mass is 413 g/mol. The molecule has 0 aliphatic rings. The van der Waals surface area contributed by atoms with E-state index in [4.69, 9.17) is 17.0 Å². The second kappa shape index (κ2) is 11.2. The van der Waals surface area contributed by atoms with E-state index in [0.29, 0.717) is 23.4 Å². The van der Waals surface area contributed by atoms with Crippen molar-refractivity contribution in [1.29, 1.82) is 0 Å². The van der Waals surface area contributed by atoms with Crippen LogP contribution in [0, 0.1) is 0 Å². The van der Waals surface area contributed by atoms with Crippen LogP contribution in [0.1, 0.15) is 54.3 Å². The van der Waals surface area contributed by atoms with E-state index in [2.05, 4.69) is 16.0 Å². The first-order chi connectivity index (χ1) is 13.9. The summed E-state index contributed by atoms with van der Waals surface area (Å²) in [5, 5.41) is 8.55. The van der Waals surface area contributed by atoms with Crippen molar-refractivity contribution in [2.24, 2.45) is 0 Å². The van der Waals surface area contributed by atoms with Gasteiger partial charge in [0.2, 0.25) is 0 Å². The average molecular weight is 414 g/mol. The third-order valence-electron chi connectivity index (χ3n) is 4.17. The van der Waals surface area contributed by atoms with Gasteiger partial charge in [0.05, 0.1) is 6.10 Å². The van der Waals surface area contributed by atoms with Gasteiger partial charge < -0.3 is 15.4 Å². The summed E-state index contributed by atoms with van der Waals surface area (Å²) >= 11 is 5.22. The zero-order valence-corrected chi connectivity index (χ0v) is 17.8. The van der Waals surface area contributed by atoms with Crippen LogP contribution in [0.3, 0.4) is 0 Å². The minimum atomic E-state index is -0.325. The third-order valence-corrected chi connectivity index (χ3v) is 4.38. The maximum absolute atomic E-state index is 12.4. The fourth-order valence-electron chi connectivity index (χ4n) is 2.42. The van der Waals surface area contributed by atoms with Crippen molar-refractivity contribution in [1.82, 2.24) is 10.6 Å². The van der Waals surface area contributed by atoms with E-state index in [1.54, 1.807) is 48.5 Å². The van der Waals surface area contributed by atoms with E-state index in [-0.39, 0.29) is 23.0 Å². The summed E-state index contributed by atoms with van der Waals surface area (Å²) in [5.74, 6) is 0.245. The Hall–Kier alpha value is -2.93. The van der Waals surface area contributed by atoms with Gasteiger partial charge in [-0.05, 0) is 74.4 Å². The molecule has 0 aliphatic carbocycles. The Balaban J connectivity index is 1.93. The van der Waals surface area contributed by atoms with Crippen molar-refractivity contribution in [3.05, 3.63) is 59.7 Å². The highest BCUT2D eigenvalue weighted by Crippen LogP contribution is 2.15. The zero-order valence-electron chi connectivity index (χ0n) is 17.0. The number of ether oxygens (including phenoxy) is 1. The van der Waals surface area contributed by atoms with Crippen molar-refractivity contribution in [3.8, 4) is 5.75 Å². The lowest BCUT2D eigenvalue weighted by Crippen LogP contribution is -2.34. The summed E-state index contributed by atoms with van der Waals surface area (Å²) in [5.41, 5.74) is 1.62. The Labute approximate surface area is 177 Å². The van der Waals surface area contributed by atoms with Crippen LogP contribution in [0.2, 0.25) is 0 Å². The number of carbonyl (C=O) groups is 2. The fourth-order valence-corrected chi connectivity index (χ4v) is 2.63. The molecule has 0 fully saturated rings. The molecule has 2 aromatic rings. The lowest BCUT2D eigenvalue weighted by Gasteiger charge is -2.13. The number of hydrogen-bond donors (Lipinski definition) is 3. The molecule has 0 spiro atoms. The van der Waals surface area contributed by atoms with Crippen LogP contribution in [0.5, 0.6) is 5.75 Å². The highest BCUT2D eigenvalue weighted by Gasteiger charge is 2.10. The van der Waals surface area contributed by atoms with Crippen LogP contribution in [0.25, 0.3) is 0 Å². The molecular weight excluding hydrogens is 386 g/mol. The summed E-state index contributed by atoms with van der Waals surface area (Å²) in [6.45, 7) is 6.65. The number of carbonyl (C=O) groups excluding carboxylic acids is 2. The summed E-state index contributed by atoms with van der Waals surface area (Å²) in [7, 11) is 0. The Bertz CT molecular complexity index is 853. The van der Waals surface area contributed by atoms with Gasteiger partial charge in [-0.1, -0.05) is 19.9 Å². The van der Waals surface area contributed by atoms with Crippen molar-refractivity contribution in [2.45, 2.75) is 39.7 Å². The van der Waals surface area contributed by atoms with E-state index < -0.39 is 0 Å². The molecule has 0 aliphatic heterocycles. The van der Waals surface area contributed by atoms with Gasteiger partial charge in [0.25, 0.3) is 11.8 Å². The summed E-state index contributed by atoms with van der Waals surface area (Å²) in [4.78, 5) is 24.5. The minimum Gasteiger partial charge on any atom is -0.491 e. The molecule has 3 N–H and O–H groups in total. The van der Waals surface area contributed by atoms with Crippen LogP contribution in [-0.2, 0) is 0 Å². The summed E-state index contributed by atoms with van der Waals surface area (Å²) in [6, 6.07) is 13.8. The Morgan fingerprint density at radius 3 is 2.41 bits per heavy atom. The van der Waals surface area contributed by atoms with Crippen molar-refractivity contribution in [2.75, 3.05) is 11.9 Å². The lowest BCUT2D eigenvalue weighted by molar-refractivity contribution is 0.0951. The Kier molecular flexibility index (Phi) is 8.61. The van der Waals surface area contributed by atoms with Gasteiger partial charge in [0, 0.05) is 23.4 Å². The fraction of sp³-hybridized carbons (Fsp3) is 0.318. The number of benzene rings is 2. The first-order valence-corrected chi connectivity index (χ1v) is 10.1. The van der Waals surface area contributed by atoms with Gasteiger partial charge in [-0.3, -0.25) is 14.9 Å². The minimum absolute atomic E-state index is 0.117. The summed E-state index contributed by atoms with van der Waals surface area (Å²) in [6.07, 6.45) is 1.89. The highest BCUT2D eigenvalue weighted by molar-refractivity contribution is 7.80. The first-order valence-electron chi connectivity index (χ1n) is 9.70. The summed E-state index contributed by atoms with van der Waals surface area (Å²) < 4.78 is 5.71. The molecule has 2 rings (SSSR count). The van der Waals surface area contributed by atoms with Crippen LogP contribution < -0.4 is 20.7 Å². The first kappa shape index (κ1) is 22.4. The average Bonchev–Trinajstić information content (AvgIpc) is 2.72. The predicted molar refractivity (Wildman–Crippen MR) is 120 cm³/mol. The quantitative estimate of drug-likeness (QED) is 0.567. The maximum Gasteiger partial charge on any atom is 0.257 e. The normalized spacial score (nSPS) is 11.3. The molecule has 0 saturated heterocycles. The second-order valence-corrected chi connectivity index (χ2v) is 7.01. The largest absolute Gasteiger partial charge is 0.491 e. The number of amides is 2. The molecule has 1 atom stereocenters. The molecule has 0 bridgehead atoms. The molecule has 0 saturated carbocycles. The number of nitrogens with one attached hydrogen (secondary N) is 3. The molecule has 29 heavy (non-hydrogen) atoms. The Morgan fingerprint density at radius 1 is 1.03 bits per heavy atom. The molecule has 2 amide bonds. The molecule has 154 valence electrons. The smallest absolute Gasteiger partial charge is 0.257 e. The molecule has 0 radical (unpaired) electrons.